The van der Waals surface area contributed by atoms with Crippen molar-refractivity contribution in [2.45, 2.75) is 6.92 Å². The minimum absolute atomic E-state index is 0.0527. The maximum Gasteiger partial charge on any atom is 0.335 e. The summed E-state index contributed by atoms with van der Waals surface area (Å²) in [6, 6.07) is 14.9. The molecule has 1 N–H and O–H groups in total. The number of carbonyl (C=O) groups is 3. The minimum atomic E-state index is -0.826. The highest BCUT2D eigenvalue weighted by Crippen LogP contribution is 2.28. The van der Waals surface area contributed by atoms with Crippen LogP contribution in [0.25, 0.3) is 17.4 Å². The van der Waals surface area contributed by atoms with Crippen molar-refractivity contribution in [2.75, 3.05) is 4.90 Å². The molecule has 0 bridgehead atoms. The zero-order valence-electron chi connectivity index (χ0n) is 16.2. The topological polar surface area (TPSA) is 123 Å². The summed E-state index contributed by atoms with van der Waals surface area (Å²) in [5.41, 5.74) is 1.34. The van der Waals surface area contributed by atoms with E-state index in [4.69, 9.17) is 4.42 Å². The fourth-order valence-electron chi connectivity index (χ4n) is 3.17. The predicted octanol–water partition coefficient (Wildman–Crippen LogP) is 3.83. The van der Waals surface area contributed by atoms with Gasteiger partial charge >= 0.3 is 6.03 Å². The molecule has 1 aliphatic heterocycles. The SMILES string of the molecule is Cc1ccccc1N1C(=O)NC(=O)/C(=C/c2ccc(-c3ccc([N+](=O)[O-])cc3)o2)C1=O. The summed E-state index contributed by atoms with van der Waals surface area (Å²) in [6.07, 6.45) is 1.25. The standard InChI is InChI=1S/C22H15N3O6/c1-13-4-2-3-5-18(13)24-21(27)17(20(26)23-22(24)28)12-16-10-11-19(31-16)14-6-8-15(9-7-14)25(29)30/h2-12H,1H3,(H,23,26,28)/b17-12-. The molecule has 0 unspecified atom stereocenters. The Kier molecular flexibility index (Phi) is 4.92. The third-order valence-electron chi connectivity index (χ3n) is 4.73. The Balaban J connectivity index is 1.65. The number of urea groups is 1. The number of nitro groups is 1. The van der Waals surface area contributed by atoms with Crippen LogP contribution < -0.4 is 10.2 Å². The number of carbonyl (C=O) groups excluding carboxylic acids is 3. The summed E-state index contributed by atoms with van der Waals surface area (Å²) in [5.74, 6) is -0.979. The van der Waals surface area contributed by atoms with Crippen molar-refractivity contribution in [3.63, 3.8) is 0 Å². The first-order chi connectivity index (χ1) is 14.8. The molecule has 154 valence electrons. The molecule has 0 atom stereocenters. The lowest BCUT2D eigenvalue weighted by Crippen LogP contribution is -2.54. The molecule has 0 spiro atoms. The number of hydrogen-bond donors (Lipinski definition) is 1. The summed E-state index contributed by atoms with van der Waals surface area (Å²) < 4.78 is 5.68. The number of aryl methyl sites for hydroxylation is 1. The molecule has 31 heavy (non-hydrogen) atoms. The number of amides is 4. The molecule has 4 rings (SSSR count). The van der Waals surface area contributed by atoms with Crippen molar-refractivity contribution in [3.8, 4) is 11.3 Å². The summed E-state index contributed by atoms with van der Waals surface area (Å²) >= 11 is 0. The number of rotatable bonds is 4. The Labute approximate surface area is 175 Å². The second-order valence-electron chi connectivity index (χ2n) is 6.75. The molecular formula is C22H15N3O6. The van der Waals surface area contributed by atoms with Gasteiger partial charge in [0.15, 0.2) is 0 Å². The van der Waals surface area contributed by atoms with E-state index in [0.717, 1.165) is 4.90 Å². The molecule has 1 aliphatic rings. The van der Waals surface area contributed by atoms with Crippen LogP contribution in [0, 0.1) is 17.0 Å². The van der Waals surface area contributed by atoms with E-state index >= 15 is 0 Å². The van der Waals surface area contributed by atoms with Gasteiger partial charge in [-0.25, -0.2) is 9.69 Å². The van der Waals surface area contributed by atoms with E-state index in [0.29, 0.717) is 22.6 Å². The van der Waals surface area contributed by atoms with Crippen molar-refractivity contribution < 1.29 is 23.7 Å². The molecule has 0 saturated carbocycles. The smallest absolute Gasteiger partial charge is 0.335 e. The zero-order valence-corrected chi connectivity index (χ0v) is 16.2. The van der Waals surface area contributed by atoms with Crippen molar-refractivity contribution in [1.82, 2.24) is 5.32 Å². The Hall–Kier alpha value is -4.53. The van der Waals surface area contributed by atoms with Gasteiger partial charge in [0.1, 0.15) is 17.1 Å². The molecule has 1 fully saturated rings. The summed E-state index contributed by atoms with van der Waals surface area (Å²) in [4.78, 5) is 48.8. The molecule has 9 nitrogen and oxygen atoms in total. The van der Waals surface area contributed by atoms with E-state index in [9.17, 15) is 24.5 Å². The molecule has 1 saturated heterocycles. The highest BCUT2D eigenvalue weighted by molar-refractivity contribution is 6.39. The number of barbiturate groups is 1. The first-order valence-electron chi connectivity index (χ1n) is 9.17. The van der Waals surface area contributed by atoms with Gasteiger partial charge in [-0.2, -0.15) is 0 Å². The van der Waals surface area contributed by atoms with Crippen molar-refractivity contribution in [2.24, 2.45) is 0 Å². The number of para-hydroxylation sites is 1. The highest BCUT2D eigenvalue weighted by Gasteiger charge is 2.37. The second-order valence-corrected chi connectivity index (χ2v) is 6.75. The first-order valence-corrected chi connectivity index (χ1v) is 9.17. The van der Waals surface area contributed by atoms with E-state index in [2.05, 4.69) is 5.32 Å². The number of imide groups is 2. The zero-order chi connectivity index (χ0) is 22.1. The van der Waals surface area contributed by atoms with Crippen LogP contribution in [0.5, 0.6) is 0 Å². The molecule has 2 heterocycles. The molecule has 0 radical (unpaired) electrons. The molecule has 1 aromatic heterocycles. The third-order valence-corrected chi connectivity index (χ3v) is 4.73. The van der Waals surface area contributed by atoms with Gasteiger partial charge in [-0.05, 0) is 48.9 Å². The molecule has 2 aromatic carbocycles. The number of hydrogen-bond acceptors (Lipinski definition) is 6. The van der Waals surface area contributed by atoms with Crippen LogP contribution in [0.4, 0.5) is 16.2 Å². The van der Waals surface area contributed by atoms with Gasteiger partial charge in [-0.1, -0.05) is 18.2 Å². The monoisotopic (exact) mass is 417 g/mol. The average molecular weight is 417 g/mol. The number of furan rings is 1. The largest absolute Gasteiger partial charge is 0.457 e. The first kappa shape index (κ1) is 19.8. The fourth-order valence-corrected chi connectivity index (χ4v) is 3.17. The van der Waals surface area contributed by atoms with Crippen LogP contribution in [0.3, 0.4) is 0 Å². The summed E-state index contributed by atoms with van der Waals surface area (Å²) in [6.45, 7) is 1.75. The van der Waals surface area contributed by atoms with E-state index in [1.54, 1.807) is 43.3 Å². The fraction of sp³-hybridized carbons (Fsp3) is 0.0455. The highest BCUT2D eigenvalue weighted by atomic mass is 16.6. The number of non-ortho nitro benzene ring substituents is 1. The van der Waals surface area contributed by atoms with Crippen molar-refractivity contribution in [3.05, 3.63) is 87.7 Å². The van der Waals surface area contributed by atoms with Gasteiger partial charge in [-0.3, -0.25) is 25.0 Å². The number of benzene rings is 2. The van der Waals surface area contributed by atoms with Gasteiger partial charge in [0, 0.05) is 17.7 Å². The van der Waals surface area contributed by atoms with Crippen LogP contribution in [-0.2, 0) is 9.59 Å². The number of nitrogens with one attached hydrogen (secondary N) is 1. The second kappa shape index (κ2) is 7.71. The van der Waals surface area contributed by atoms with Crippen LogP contribution in [0.1, 0.15) is 11.3 Å². The number of anilines is 1. The average Bonchev–Trinajstić information content (AvgIpc) is 3.21. The molecule has 9 heteroatoms. The normalized spacial score (nSPS) is 15.3. The lowest BCUT2D eigenvalue weighted by Gasteiger charge is -2.27. The van der Waals surface area contributed by atoms with Gasteiger partial charge in [-0.15, -0.1) is 0 Å². The maximum atomic E-state index is 13.0. The Morgan fingerprint density at radius 3 is 2.39 bits per heavy atom. The lowest BCUT2D eigenvalue weighted by molar-refractivity contribution is -0.384. The van der Waals surface area contributed by atoms with E-state index in [1.807, 2.05) is 0 Å². The number of nitro benzene ring substituents is 1. The van der Waals surface area contributed by atoms with Gasteiger partial charge in [0.25, 0.3) is 17.5 Å². The predicted molar refractivity (Wildman–Crippen MR) is 111 cm³/mol. The van der Waals surface area contributed by atoms with Crippen LogP contribution in [0.15, 0.2) is 70.7 Å². The van der Waals surface area contributed by atoms with Crippen LogP contribution in [0.2, 0.25) is 0 Å². The Bertz CT molecular complexity index is 1260. The van der Waals surface area contributed by atoms with Gasteiger partial charge < -0.3 is 4.42 Å². The molecule has 0 aliphatic carbocycles. The number of nitrogens with zero attached hydrogens (tertiary/aromatic N) is 2. The molecule has 3 aromatic rings. The maximum absolute atomic E-state index is 13.0. The van der Waals surface area contributed by atoms with Crippen LogP contribution in [-0.4, -0.2) is 22.8 Å². The van der Waals surface area contributed by atoms with E-state index in [1.165, 1.54) is 30.3 Å². The molecular weight excluding hydrogens is 402 g/mol. The quantitative estimate of drug-likeness (QED) is 0.298. The van der Waals surface area contributed by atoms with E-state index < -0.39 is 22.8 Å². The van der Waals surface area contributed by atoms with E-state index in [-0.39, 0.29) is 17.0 Å². The summed E-state index contributed by atoms with van der Waals surface area (Å²) in [7, 11) is 0. The van der Waals surface area contributed by atoms with Gasteiger partial charge in [0.2, 0.25) is 0 Å². The van der Waals surface area contributed by atoms with Crippen molar-refractivity contribution in [1.29, 1.82) is 0 Å². The third kappa shape index (κ3) is 3.71. The Morgan fingerprint density at radius 2 is 1.71 bits per heavy atom. The minimum Gasteiger partial charge on any atom is -0.457 e. The lowest BCUT2D eigenvalue weighted by atomic mass is 10.1. The van der Waals surface area contributed by atoms with Gasteiger partial charge in [0.05, 0.1) is 10.6 Å². The van der Waals surface area contributed by atoms with Crippen molar-refractivity contribution >= 4 is 35.3 Å². The molecule has 4 amide bonds. The summed E-state index contributed by atoms with van der Waals surface area (Å²) in [5, 5.41) is 13.0. The Morgan fingerprint density at radius 1 is 1.00 bits per heavy atom. The van der Waals surface area contributed by atoms with Crippen LogP contribution >= 0.6 is 0 Å².